The van der Waals surface area contributed by atoms with Crippen molar-refractivity contribution < 1.29 is 23.7 Å². The Hall–Kier alpha value is -0.490. The maximum atomic E-state index is 11.6. The normalized spacial score (nSPS) is 41.1. The molecule has 0 aromatic heterocycles. The van der Waals surface area contributed by atoms with Gasteiger partial charge in [-0.05, 0) is 13.8 Å². The van der Waals surface area contributed by atoms with Crippen molar-refractivity contribution in [1.29, 1.82) is 0 Å². The van der Waals surface area contributed by atoms with E-state index >= 15 is 0 Å². The summed E-state index contributed by atoms with van der Waals surface area (Å²) in [5, 5.41) is 0. The molecule has 14 heavy (non-hydrogen) atoms. The molecule has 0 unspecified atom stereocenters. The Bertz CT molecular complexity index is 250. The van der Waals surface area contributed by atoms with Gasteiger partial charge in [0.15, 0.2) is 11.9 Å². The number of rotatable bonds is 1. The number of methoxy groups -OCH3 is 1. The lowest BCUT2D eigenvalue weighted by atomic mass is 10.1. The first-order valence-electron chi connectivity index (χ1n) is 4.57. The number of ether oxygens (including phenoxy) is 4. The Balaban J connectivity index is 2.11. The summed E-state index contributed by atoms with van der Waals surface area (Å²) in [5.41, 5.74) is 0. The third-order valence-electron chi connectivity index (χ3n) is 2.37. The van der Waals surface area contributed by atoms with Gasteiger partial charge in [-0.2, -0.15) is 0 Å². The van der Waals surface area contributed by atoms with E-state index in [1.54, 1.807) is 13.8 Å². The van der Waals surface area contributed by atoms with Crippen LogP contribution in [0.4, 0.5) is 0 Å². The van der Waals surface area contributed by atoms with Crippen LogP contribution >= 0.6 is 0 Å². The number of carbonyl (C=O) groups excluding carboxylic acids is 1. The Labute approximate surface area is 82.3 Å². The van der Waals surface area contributed by atoms with E-state index in [-0.39, 0.29) is 11.9 Å². The fourth-order valence-electron chi connectivity index (χ4n) is 1.67. The van der Waals surface area contributed by atoms with Gasteiger partial charge in [0.1, 0.15) is 6.10 Å². The molecule has 2 fully saturated rings. The first-order chi connectivity index (χ1) is 6.53. The van der Waals surface area contributed by atoms with Crippen LogP contribution in [-0.2, 0) is 23.7 Å². The fourth-order valence-corrected chi connectivity index (χ4v) is 1.67. The summed E-state index contributed by atoms with van der Waals surface area (Å²) >= 11 is 0. The summed E-state index contributed by atoms with van der Waals surface area (Å²) in [6, 6.07) is 0. The molecule has 80 valence electrons. The van der Waals surface area contributed by atoms with Gasteiger partial charge in [-0.3, -0.25) is 4.79 Å². The van der Waals surface area contributed by atoms with Crippen LogP contribution in [0.5, 0.6) is 0 Å². The van der Waals surface area contributed by atoms with E-state index < -0.39 is 18.2 Å². The van der Waals surface area contributed by atoms with Crippen molar-refractivity contribution in [3.8, 4) is 0 Å². The number of hydrogen-bond donors (Lipinski definition) is 0. The van der Waals surface area contributed by atoms with Crippen molar-refractivity contribution in [2.24, 2.45) is 0 Å². The summed E-state index contributed by atoms with van der Waals surface area (Å²) in [5.74, 6) is -0.878. The van der Waals surface area contributed by atoms with E-state index in [4.69, 9.17) is 18.9 Å². The number of carbonyl (C=O) groups is 1. The second-order valence-corrected chi connectivity index (χ2v) is 3.89. The molecule has 5 nitrogen and oxygen atoms in total. The van der Waals surface area contributed by atoms with Crippen LogP contribution < -0.4 is 0 Å². The molecule has 3 atom stereocenters. The van der Waals surface area contributed by atoms with Gasteiger partial charge in [-0.1, -0.05) is 0 Å². The van der Waals surface area contributed by atoms with E-state index in [9.17, 15) is 4.79 Å². The van der Waals surface area contributed by atoms with Crippen LogP contribution in [0.25, 0.3) is 0 Å². The largest absolute Gasteiger partial charge is 0.349 e. The van der Waals surface area contributed by atoms with E-state index in [0.29, 0.717) is 6.61 Å². The van der Waals surface area contributed by atoms with Crippen molar-refractivity contribution in [2.45, 2.75) is 38.1 Å². The lowest BCUT2D eigenvalue weighted by Gasteiger charge is -2.35. The van der Waals surface area contributed by atoms with Crippen LogP contribution in [-0.4, -0.2) is 43.8 Å². The van der Waals surface area contributed by atoms with Gasteiger partial charge in [0.25, 0.3) is 0 Å². The van der Waals surface area contributed by atoms with Gasteiger partial charge in [-0.25, -0.2) is 0 Å². The van der Waals surface area contributed by atoms with Crippen molar-refractivity contribution in [3.05, 3.63) is 0 Å². The maximum Gasteiger partial charge on any atom is 0.220 e. The highest BCUT2D eigenvalue weighted by molar-refractivity contribution is 5.88. The highest BCUT2D eigenvalue weighted by Crippen LogP contribution is 2.30. The number of Topliss-reactive ketones (excluding diaryl/α,β-unsaturated/α-hetero) is 1. The molecule has 0 N–H and O–H groups in total. The summed E-state index contributed by atoms with van der Waals surface area (Å²) in [6.07, 6.45) is -1.69. The molecular formula is C9H14O5. The second kappa shape index (κ2) is 3.27. The molecule has 0 saturated carbocycles. The Morgan fingerprint density at radius 2 is 2.21 bits per heavy atom. The van der Waals surface area contributed by atoms with Gasteiger partial charge in [0, 0.05) is 7.11 Å². The van der Waals surface area contributed by atoms with Crippen molar-refractivity contribution in [3.63, 3.8) is 0 Å². The zero-order valence-corrected chi connectivity index (χ0v) is 8.48. The number of hydrogen-bond acceptors (Lipinski definition) is 5. The fraction of sp³-hybridized carbons (Fsp3) is 0.889. The van der Waals surface area contributed by atoms with Crippen LogP contribution in [0, 0.1) is 0 Å². The smallest absolute Gasteiger partial charge is 0.220 e. The molecule has 0 aromatic rings. The highest BCUT2D eigenvalue weighted by atomic mass is 16.8. The molecule has 0 bridgehead atoms. The topological polar surface area (TPSA) is 54.0 Å². The predicted molar refractivity (Wildman–Crippen MR) is 45.6 cm³/mol. The molecular weight excluding hydrogens is 188 g/mol. The number of fused-ring (bicyclic) bond motifs is 1. The Morgan fingerprint density at radius 3 is 2.86 bits per heavy atom. The zero-order valence-electron chi connectivity index (χ0n) is 8.48. The molecule has 2 rings (SSSR count). The summed E-state index contributed by atoms with van der Waals surface area (Å²) in [6.45, 7) is 3.91. The summed E-state index contributed by atoms with van der Waals surface area (Å²) in [7, 11) is 1.44. The van der Waals surface area contributed by atoms with Crippen LogP contribution in [0.1, 0.15) is 13.8 Å². The van der Waals surface area contributed by atoms with Crippen molar-refractivity contribution in [2.75, 3.05) is 13.7 Å². The van der Waals surface area contributed by atoms with Crippen LogP contribution in [0.2, 0.25) is 0 Å². The molecule has 2 saturated heterocycles. The molecule has 2 heterocycles. The van der Waals surface area contributed by atoms with E-state index in [2.05, 4.69) is 0 Å². The minimum atomic E-state index is -0.803. The molecule has 0 aromatic carbocycles. The molecule has 2 aliphatic rings. The maximum absolute atomic E-state index is 11.6. The standard InChI is InChI=1S/C9H14O5/c1-9(2)12-4-5-7(14-9)6(10)8(11-3)13-5/h5,7-8H,4H2,1-3H3/t5-,7+,8+/m1/s1. The van der Waals surface area contributed by atoms with Gasteiger partial charge >= 0.3 is 0 Å². The van der Waals surface area contributed by atoms with Gasteiger partial charge in [-0.15, -0.1) is 0 Å². The lowest BCUT2D eigenvalue weighted by Crippen LogP contribution is -2.48. The predicted octanol–water partition coefficient (Wildman–Crippen LogP) is 0.0783. The van der Waals surface area contributed by atoms with Gasteiger partial charge < -0.3 is 18.9 Å². The van der Waals surface area contributed by atoms with Gasteiger partial charge in [0.2, 0.25) is 12.1 Å². The van der Waals surface area contributed by atoms with E-state index in [0.717, 1.165) is 0 Å². The monoisotopic (exact) mass is 202 g/mol. The minimum absolute atomic E-state index is 0.158. The SMILES string of the molecule is CO[C@H]1O[C@@H]2COC(C)(C)O[C@@H]2C1=O. The van der Waals surface area contributed by atoms with Crippen LogP contribution in [0.15, 0.2) is 0 Å². The Kier molecular flexibility index (Phi) is 2.35. The number of ketones is 1. The van der Waals surface area contributed by atoms with Crippen molar-refractivity contribution in [1.82, 2.24) is 0 Å². The van der Waals surface area contributed by atoms with Crippen LogP contribution in [0.3, 0.4) is 0 Å². The summed E-state index contributed by atoms with van der Waals surface area (Å²) in [4.78, 5) is 11.6. The third kappa shape index (κ3) is 1.56. The van der Waals surface area contributed by atoms with Crippen molar-refractivity contribution >= 4 is 5.78 Å². The molecule has 0 radical (unpaired) electrons. The minimum Gasteiger partial charge on any atom is -0.349 e. The van der Waals surface area contributed by atoms with E-state index in [1.807, 2.05) is 0 Å². The molecule has 0 spiro atoms. The average molecular weight is 202 g/mol. The first-order valence-corrected chi connectivity index (χ1v) is 4.57. The van der Waals surface area contributed by atoms with E-state index in [1.165, 1.54) is 7.11 Å². The highest BCUT2D eigenvalue weighted by Gasteiger charge is 2.50. The molecule has 2 aliphatic heterocycles. The molecule has 5 heteroatoms. The molecule has 0 amide bonds. The second-order valence-electron chi connectivity index (χ2n) is 3.89. The molecule has 0 aliphatic carbocycles. The zero-order chi connectivity index (χ0) is 10.3. The van der Waals surface area contributed by atoms with Gasteiger partial charge in [0.05, 0.1) is 6.61 Å². The Morgan fingerprint density at radius 1 is 1.50 bits per heavy atom. The first kappa shape index (κ1) is 10.0. The lowest BCUT2D eigenvalue weighted by molar-refractivity contribution is -0.293. The summed E-state index contributed by atoms with van der Waals surface area (Å²) < 4.78 is 21.0. The average Bonchev–Trinajstić information content (AvgIpc) is 2.42. The quantitative estimate of drug-likeness (QED) is 0.602. The third-order valence-corrected chi connectivity index (χ3v) is 2.37.